The Morgan fingerprint density at radius 2 is 1.89 bits per heavy atom. The quantitative estimate of drug-likeness (QED) is 0.897. The number of rotatable bonds is 4. The molecule has 2 N–H and O–H groups in total. The van der Waals surface area contributed by atoms with Crippen LogP contribution in [0.2, 0.25) is 0 Å². The minimum atomic E-state index is 0.340. The van der Waals surface area contributed by atoms with Crippen molar-refractivity contribution >= 4 is 0 Å². The molecule has 0 aliphatic carbocycles. The molecular weight excluding hydrogens is 224 g/mol. The van der Waals surface area contributed by atoms with Crippen molar-refractivity contribution in [3.8, 4) is 11.3 Å². The van der Waals surface area contributed by atoms with E-state index in [0.29, 0.717) is 18.4 Å². The van der Waals surface area contributed by atoms with Crippen LogP contribution >= 0.6 is 0 Å². The van der Waals surface area contributed by atoms with Crippen molar-refractivity contribution in [3.63, 3.8) is 0 Å². The van der Waals surface area contributed by atoms with Gasteiger partial charge in [-0.1, -0.05) is 38.1 Å². The van der Waals surface area contributed by atoms with Gasteiger partial charge in [-0.25, -0.2) is 4.98 Å². The van der Waals surface area contributed by atoms with Crippen molar-refractivity contribution in [2.75, 3.05) is 0 Å². The zero-order valence-electron chi connectivity index (χ0n) is 11.2. The average Bonchev–Trinajstić information content (AvgIpc) is 2.71. The van der Waals surface area contributed by atoms with Crippen LogP contribution in [0.4, 0.5) is 0 Å². The summed E-state index contributed by atoms with van der Waals surface area (Å²) in [6.07, 6.45) is 1.10. The molecule has 0 spiro atoms. The molecular formula is C15H20N2O. The third kappa shape index (κ3) is 2.79. The molecule has 96 valence electrons. The van der Waals surface area contributed by atoms with Gasteiger partial charge < -0.3 is 10.2 Å². The SMILES string of the molecule is Cc1oc(CN)nc1-c1ccc(CC(C)C)cc1. The number of aryl methyl sites for hydroxylation is 1. The molecule has 0 unspecified atom stereocenters. The van der Waals surface area contributed by atoms with Gasteiger partial charge in [0.2, 0.25) is 5.89 Å². The fourth-order valence-corrected chi connectivity index (χ4v) is 2.08. The summed E-state index contributed by atoms with van der Waals surface area (Å²) >= 11 is 0. The topological polar surface area (TPSA) is 52.0 Å². The molecule has 0 amide bonds. The molecule has 0 atom stereocenters. The second-order valence-electron chi connectivity index (χ2n) is 5.01. The van der Waals surface area contributed by atoms with E-state index in [4.69, 9.17) is 10.2 Å². The van der Waals surface area contributed by atoms with E-state index in [9.17, 15) is 0 Å². The lowest BCUT2D eigenvalue weighted by Gasteiger charge is -2.05. The molecule has 18 heavy (non-hydrogen) atoms. The second kappa shape index (κ2) is 5.36. The van der Waals surface area contributed by atoms with Crippen LogP contribution in [0.15, 0.2) is 28.7 Å². The van der Waals surface area contributed by atoms with Crippen LogP contribution in [0.25, 0.3) is 11.3 Å². The lowest BCUT2D eigenvalue weighted by molar-refractivity contribution is 0.474. The van der Waals surface area contributed by atoms with Crippen LogP contribution in [-0.2, 0) is 13.0 Å². The first kappa shape index (κ1) is 12.8. The Hall–Kier alpha value is -1.61. The molecule has 3 nitrogen and oxygen atoms in total. The average molecular weight is 244 g/mol. The molecule has 0 radical (unpaired) electrons. The molecule has 1 aromatic heterocycles. The minimum Gasteiger partial charge on any atom is -0.444 e. The van der Waals surface area contributed by atoms with E-state index < -0.39 is 0 Å². The predicted octanol–water partition coefficient (Wildman–Crippen LogP) is 3.31. The van der Waals surface area contributed by atoms with Gasteiger partial charge in [-0.3, -0.25) is 0 Å². The van der Waals surface area contributed by atoms with Gasteiger partial charge in [0.05, 0.1) is 6.54 Å². The third-order valence-electron chi connectivity index (χ3n) is 2.89. The Morgan fingerprint density at radius 1 is 1.22 bits per heavy atom. The highest BCUT2D eigenvalue weighted by Gasteiger charge is 2.10. The number of benzene rings is 1. The number of aromatic nitrogens is 1. The van der Waals surface area contributed by atoms with Crippen molar-refractivity contribution in [3.05, 3.63) is 41.5 Å². The molecule has 0 saturated carbocycles. The Kier molecular flexibility index (Phi) is 3.82. The summed E-state index contributed by atoms with van der Waals surface area (Å²) in [6.45, 7) is 6.71. The first-order chi connectivity index (χ1) is 8.60. The summed E-state index contributed by atoms with van der Waals surface area (Å²) in [5, 5.41) is 0. The standard InChI is InChI=1S/C15H20N2O/c1-10(2)8-12-4-6-13(7-5-12)15-11(3)18-14(9-16)17-15/h4-7,10H,8-9,16H2,1-3H3. The normalized spacial score (nSPS) is 11.2. The molecule has 0 bridgehead atoms. The smallest absolute Gasteiger partial charge is 0.208 e. The third-order valence-corrected chi connectivity index (χ3v) is 2.89. The zero-order chi connectivity index (χ0) is 13.1. The summed E-state index contributed by atoms with van der Waals surface area (Å²) < 4.78 is 5.48. The molecule has 0 aliphatic heterocycles. The van der Waals surface area contributed by atoms with Crippen LogP contribution in [0.3, 0.4) is 0 Å². The van der Waals surface area contributed by atoms with E-state index >= 15 is 0 Å². The van der Waals surface area contributed by atoms with Crippen LogP contribution in [0.1, 0.15) is 31.1 Å². The molecule has 0 fully saturated rings. The summed E-state index contributed by atoms with van der Waals surface area (Å²) in [4.78, 5) is 4.40. The summed E-state index contributed by atoms with van der Waals surface area (Å²) in [5.41, 5.74) is 8.87. The molecule has 0 aliphatic rings. The van der Waals surface area contributed by atoms with Gasteiger partial charge in [0.1, 0.15) is 11.5 Å². The highest BCUT2D eigenvalue weighted by molar-refractivity contribution is 5.61. The van der Waals surface area contributed by atoms with Gasteiger partial charge in [-0.2, -0.15) is 0 Å². The lowest BCUT2D eigenvalue weighted by atomic mass is 10.0. The fraction of sp³-hybridized carbons (Fsp3) is 0.400. The lowest BCUT2D eigenvalue weighted by Crippen LogP contribution is -1.96. The molecule has 0 saturated heterocycles. The van der Waals surface area contributed by atoms with Crippen molar-refractivity contribution < 1.29 is 4.42 Å². The van der Waals surface area contributed by atoms with E-state index in [1.54, 1.807) is 0 Å². The largest absolute Gasteiger partial charge is 0.444 e. The Balaban J connectivity index is 2.25. The maximum Gasteiger partial charge on any atom is 0.208 e. The maximum absolute atomic E-state index is 5.53. The number of hydrogen-bond acceptors (Lipinski definition) is 3. The van der Waals surface area contributed by atoms with Crippen molar-refractivity contribution in [2.45, 2.75) is 33.7 Å². The van der Waals surface area contributed by atoms with E-state index in [0.717, 1.165) is 23.4 Å². The highest BCUT2D eigenvalue weighted by atomic mass is 16.4. The maximum atomic E-state index is 5.53. The molecule has 3 heteroatoms. The summed E-state index contributed by atoms with van der Waals surface area (Å²) in [6, 6.07) is 8.52. The fourth-order valence-electron chi connectivity index (χ4n) is 2.08. The minimum absolute atomic E-state index is 0.340. The summed E-state index contributed by atoms with van der Waals surface area (Å²) in [5.74, 6) is 2.09. The van der Waals surface area contributed by atoms with Crippen molar-refractivity contribution in [1.29, 1.82) is 0 Å². The zero-order valence-corrected chi connectivity index (χ0v) is 11.2. The van der Waals surface area contributed by atoms with E-state index in [1.165, 1.54) is 5.56 Å². The Morgan fingerprint density at radius 3 is 2.39 bits per heavy atom. The van der Waals surface area contributed by atoms with E-state index in [2.05, 4.69) is 43.1 Å². The predicted molar refractivity (Wildman–Crippen MR) is 73.1 cm³/mol. The van der Waals surface area contributed by atoms with Crippen LogP contribution in [-0.4, -0.2) is 4.98 Å². The van der Waals surface area contributed by atoms with Gasteiger partial charge in [0.15, 0.2) is 0 Å². The van der Waals surface area contributed by atoms with Gasteiger partial charge in [0.25, 0.3) is 0 Å². The van der Waals surface area contributed by atoms with Gasteiger partial charge >= 0.3 is 0 Å². The first-order valence-electron chi connectivity index (χ1n) is 6.36. The summed E-state index contributed by atoms with van der Waals surface area (Å²) in [7, 11) is 0. The van der Waals surface area contributed by atoms with Crippen LogP contribution < -0.4 is 5.73 Å². The van der Waals surface area contributed by atoms with E-state index in [1.807, 2.05) is 6.92 Å². The highest BCUT2D eigenvalue weighted by Crippen LogP contribution is 2.24. The van der Waals surface area contributed by atoms with Gasteiger partial charge in [-0.15, -0.1) is 0 Å². The van der Waals surface area contributed by atoms with Gasteiger partial charge in [0, 0.05) is 5.56 Å². The molecule has 1 aromatic carbocycles. The second-order valence-corrected chi connectivity index (χ2v) is 5.01. The molecule has 2 aromatic rings. The van der Waals surface area contributed by atoms with E-state index in [-0.39, 0.29) is 0 Å². The monoisotopic (exact) mass is 244 g/mol. The Bertz CT molecular complexity index is 512. The van der Waals surface area contributed by atoms with Crippen molar-refractivity contribution in [2.24, 2.45) is 11.7 Å². The first-order valence-corrected chi connectivity index (χ1v) is 6.36. The van der Waals surface area contributed by atoms with Crippen molar-refractivity contribution in [1.82, 2.24) is 4.98 Å². The number of nitrogens with zero attached hydrogens (tertiary/aromatic N) is 1. The Labute approximate surface area is 108 Å². The molecule has 1 heterocycles. The molecule has 2 rings (SSSR count). The number of hydrogen-bond donors (Lipinski definition) is 1. The van der Waals surface area contributed by atoms with Crippen LogP contribution in [0, 0.1) is 12.8 Å². The van der Waals surface area contributed by atoms with Crippen LogP contribution in [0.5, 0.6) is 0 Å². The number of oxazole rings is 1. The number of nitrogens with two attached hydrogens (primary N) is 1. The van der Waals surface area contributed by atoms with Gasteiger partial charge in [-0.05, 0) is 24.8 Å².